The van der Waals surface area contributed by atoms with Crippen molar-refractivity contribution in [2.45, 2.75) is 25.9 Å². The minimum absolute atomic E-state index is 0.0252. The highest BCUT2D eigenvalue weighted by molar-refractivity contribution is 7.80. The van der Waals surface area contributed by atoms with E-state index in [4.69, 9.17) is 21.7 Å². The number of methoxy groups -OCH3 is 2. The molecule has 26 heavy (non-hydrogen) atoms. The third kappa shape index (κ3) is 3.83. The van der Waals surface area contributed by atoms with Gasteiger partial charge in [0.15, 0.2) is 5.11 Å². The van der Waals surface area contributed by atoms with Crippen LogP contribution in [-0.4, -0.2) is 47.8 Å². The van der Waals surface area contributed by atoms with Crippen molar-refractivity contribution in [1.29, 1.82) is 0 Å². The molecule has 0 radical (unpaired) electrons. The molecule has 0 spiro atoms. The van der Waals surface area contributed by atoms with E-state index >= 15 is 0 Å². The Hall–Kier alpha value is -2.52. The summed E-state index contributed by atoms with van der Waals surface area (Å²) in [7, 11) is 2.90. The molecule has 0 saturated heterocycles. The van der Waals surface area contributed by atoms with Gasteiger partial charge in [-0.2, -0.15) is 0 Å². The van der Waals surface area contributed by atoms with Crippen molar-refractivity contribution < 1.29 is 19.2 Å². The third-order valence-corrected chi connectivity index (χ3v) is 4.53. The number of non-ortho nitro benzene ring substituents is 1. The van der Waals surface area contributed by atoms with Gasteiger partial charge in [0.2, 0.25) is 0 Å². The molecule has 1 aromatic rings. The van der Waals surface area contributed by atoms with Gasteiger partial charge < -0.3 is 19.7 Å². The number of thiocarbonyl (C=S) groups is 1. The Morgan fingerprint density at radius 3 is 2.50 bits per heavy atom. The summed E-state index contributed by atoms with van der Waals surface area (Å²) >= 11 is 5.48. The van der Waals surface area contributed by atoms with Crippen LogP contribution in [0, 0.1) is 10.1 Å². The molecule has 1 N–H and O–H groups in total. The van der Waals surface area contributed by atoms with Gasteiger partial charge in [0, 0.05) is 24.9 Å². The highest BCUT2D eigenvalue weighted by atomic mass is 32.1. The summed E-state index contributed by atoms with van der Waals surface area (Å²) in [5.74, 6) is -0.490. The molecule has 0 bridgehead atoms. The SMILES string of the molecule is COC[C@@H](C)N1C(=S)N[C@@H](c2ccc([N+](=O)[O-])cc2)C(C(=O)OC)=C1C. The molecule has 1 aromatic carbocycles. The molecule has 1 aliphatic rings. The summed E-state index contributed by atoms with van der Waals surface area (Å²) < 4.78 is 10.1. The predicted molar refractivity (Wildman–Crippen MR) is 99.5 cm³/mol. The molecule has 0 saturated carbocycles. The second kappa shape index (κ2) is 8.24. The quantitative estimate of drug-likeness (QED) is 0.348. The highest BCUT2D eigenvalue weighted by Gasteiger charge is 2.36. The summed E-state index contributed by atoms with van der Waals surface area (Å²) in [6.07, 6.45) is 0. The minimum atomic E-state index is -0.554. The largest absolute Gasteiger partial charge is 0.466 e. The number of rotatable bonds is 6. The van der Waals surface area contributed by atoms with Crippen LogP contribution in [0.3, 0.4) is 0 Å². The zero-order chi connectivity index (χ0) is 19.4. The number of nitrogens with one attached hydrogen (secondary N) is 1. The lowest BCUT2D eigenvalue weighted by Crippen LogP contribution is -2.52. The molecule has 9 heteroatoms. The van der Waals surface area contributed by atoms with Crippen molar-refractivity contribution in [3.8, 4) is 0 Å². The fourth-order valence-electron chi connectivity index (χ4n) is 3.02. The van der Waals surface area contributed by atoms with Crippen LogP contribution in [0.2, 0.25) is 0 Å². The van der Waals surface area contributed by atoms with Crippen LogP contribution < -0.4 is 5.32 Å². The first kappa shape index (κ1) is 19.8. The number of esters is 1. The van der Waals surface area contributed by atoms with Crippen molar-refractivity contribution in [3.05, 3.63) is 51.2 Å². The van der Waals surface area contributed by atoms with Crippen LogP contribution in [0.4, 0.5) is 5.69 Å². The number of nitro benzene ring substituents is 1. The Morgan fingerprint density at radius 2 is 2.00 bits per heavy atom. The number of hydrogen-bond acceptors (Lipinski definition) is 6. The number of nitrogens with zero attached hydrogens (tertiary/aromatic N) is 2. The van der Waals surface area contributed by atoms with E-state index in [0.717, 1.165) is 0 Å². The fourth-order valence-corrected chi connectivity index (χ4v) is 3.45. The van der Waals surface area contributed by atoms with E-state index in [1.54, 1.807) is 26.2 Å². The number of allylic oxidation sites excluding steroid dienone is 1. The summed E-state index contributed by atoms with van der Waals surface area (Å²) in [4.78, 5) is 24.6. The van der Waals surface area contributed by atoms with E-state index < -0.39 is 16.9 Å². The van der Waals surface area contributed by atoms with Crippen LogP contribution in [0.1, 0.15) is 25.5 Å². The normalized spacial score (nSPS) is 18.4. The second-order valence-electron chi connectivity index (χ2n) is 5.90. The Kier molecular flexibility index (Phi) is 6.27. The van der Waals surface area contributed by atoms with E-state index in [1.165, 1.54) is 19.2 Å². The van der Waals surface area contributed by atoms with E-state index in [0.29, 0.717) is 28.6 Å². The van der Waals surface area contributed by atoms with Gasteiger partial charge in [0.25, 0.3) is 5.69 Å². The standard InChI is InChI=1S/C17H21N3O5S/c1-10(9-24-3)19-11(2)14(16(21)25-4)15(18-17(19)26)12-5-7-13(8-6-12)20(22)23/h5-8,10,15H,9H2,1-4H3,(H,18,26)/t10-,15+/m1/s1. The Bertz CT molecular complexity index is 747. The molecule has 0 amide bonds. The van der Waals surface area contributed by atoms with E-state index in [-0.39, 0.29) is 11.7 Å². The average molecular weight is 379 g/mol. The van der Waals surface area contributed by atoms with Crippen molar-refractivity contribution in [2.75, 3.05) is 20.8 Å². The monoisotopic (exact) mass is 379 g/mol. The van der Waals surface area contributed by atoms with Gasteiger partial charge in [-0.25, -0.2) is 4.79 Å². The number of carbonyl (C=O) groups is 1. The molecule has 2 atom stereocenters. The summed E-state index contributed by atoms with van der Waals surface area (Å²) in [6.45, 7) is 4.15. The Balaban J connectivity index is 2.50. The first-order valence-electron chi connectivity index (χ1n) is 7.93. The van der Waals surface area contributed by atoms with Crippen LogP contribution in [-0.2, 0) is 14.3 Å². The summed E-state index contributed by atoms with van der Waals surface area (Å²) in [6, 6.07) is 5.35. The number of carbonyl (C=O) groups excluding carboxylic acids is 1. The molecule has 140 valence electrons. The average Bonchev–Trinajstić information content (AvgIpc) is 2.61. The van der Waals surface area contributed by atoms with Gasteiger partial charge in [0.1, 0.15) is 0 Å². The van der Waals surface area contributed by atoms with E-state index in [1.807, 2.05) is 11.8 Å². The molecule has 0 aliphatic carbocycles. The van der Waals surface area contributed by atoms with Gasteiger partial charge >= 0.3 is 5.97 Å². The van der Waals surface area contributed by atoms with E-state index in [2.05, 4.69) is 5.32 Å². The Labute approximate surface area is 156 Å². The number of ether oxygens (including phenoxy) is 2. The second-order valence-corrected chi connectivity index (χ2v) is 6.28. The van der Waals surface area contributed by atoms with Gasteiger partial charge in [-0.05, 0) is 43.8 Å². The lowest BCUT2D eigenvalue weighted by Gasteiger charge is -2.40. The number of benzene rings is 1. The number of hydrogen-bond donors (Lipinski definition) is 1. The summed E-state index contributed by atoms with van der Waals surface area (Å²) in [5, 5.41) is 14.4. The molecular weight excluding hydrogens is 358 g/mol. The smallest absolute Gasteiger partial charge is 0.337 e. The zero-order valence-corrected chi connectivity index (χ0v) is 15.8. The fraction of sp³-hybridized carbons (Fsp3) is 0.412. The molecule has 0 unspecified atom stereocenters. The lowest BCUT2D eigenvalue weighted by molar-refractivity contribution is -0.384. The molecule has 1 heterocycles. The van der Waals surface area contributed by atoms with Gasteiger partial charge in [-0.15, -0.1) is 0 Å². The van der Waals surface area contributed by atoms with E-state index in [9.17, 15) is 14.9 Å². The van der Waals surface area contributed by atoms with Crippen molar-refractivity contribution in [2.24, 2.45) is 0 Å². The van der Waals surface area contributed by atoms with Gasteiger partial charge in [-0.1, -0.05) is 0 Å². The maximum absolute atomic E-state index is 12.4. The zero-order valence-electron chi connectivity index (χ0n) is 15.0. The van der Waals surface area contributed by atoms with Crippen molar-refractivity contribution in [1.82, 2.24) is 10.2 Å². The molecule has 0 fully saturated rings. The first-order chi connectivity index (χ1) is 12.3. The lowest BCUT2D eigenvalue weighted by atomic mass is 9.94. The van der Waals surface area contributed by atoms with Crippen LogP contribution in [0.5, 0.6) is 0 Å². The molecule has 1 aliphatic heterocycles. The molecule has 2 rings (SSSR count). The minimum Gasteiger partial charge on any atom is -0.466 e. The Morgan fingerprint density at radius 1 is 1.38 bits per heavy atom. The maximum atomic E-state index is 12.4. The van der Waals surface area contributed by atoms with Crippen molar-refractivity contribution in [3.63, 3.8) is 0 Å². The van der Waals surface area contributed by atoms with Gasteiger partial charge in [0.05, 0.1) is 36.3 Å². The van der Waals surface area contributed by atoms with Gasteiger partial charge in [-0.3, -0.25) is 10.1 Å². The number of nitro groups is 1. The highest BCUT2D eigenvalue weighted by Crippen LogP contribution is 2.33. The maximum Gasteiger partial charge on any atom is 0.337 e. The van der Waals surface area contributed by atoms with Crippen LogP contribution in [0.25, 0.3) is 0 Å². The van der Waals surface area contributed by atoms with Crippen LogP contribution >= 0.6 is 12.2 Å². The first-order valence-corrected chi connectivity index (χ1v) is 8.34. The molecule has 8 nitrogen and oxygen atoms in total. The topological polar surface area (TPSA) is 93.9 Å². The molecule has 0 aromatic heterocycles. The third-order valence-electron chi connectivity index (χ3n) is 4.22. The van der Waals surface area contributed by atoms with Crippen molar-refractivity contribution >= 4 is 29.0 Å². The summed E-state index contributed by atoms with van der Waals surface area (Å²) in [5.41, 5.74) is 1.71. The molecular formula is C17H21N3O5S. The predicted octanol–water partition coefficient (Wildman–Crippen LogP) is 2.31. The van der Waals surface area contributed by atoms with Crippen LogP contribution in [0.15, 0.2) is 35.5 Å².